The SMILES string of the molecule is CC(=O)OC/C=C(/C)F. The summed E-state index contributed by atoms with van der Waals surface area (Å²) in [5, 5.41) is 0. The molecule has 0 heterocycles. The largest absolute Gasteiger partial charge is 0.462 e. The molecule has 0 unspecified atom stereocenters. The number of hydrogen-bond acceptors (Lipinski definition) is 2. The van der Waals surface area contributed by atoms with Crippen LogP contribution in [0.4, 0.5) is 4.39 Å². The summed E-state index contributed by atoms with van der Waals surface area (Å²) in [5.74, 6) is -0.733. The van der Waals surface area contributed by atoms with Crippen molar-refractivity contribution in [2.75, 3.05) is 6.61 Å². The van der Waals surface area contributed by atoms with Gasteiger partial charge >= 0.3 is 5.97 Å². The van der Waals surface area contributed by atoms with Gasteiger partial charge in [-0.3, -0.25) is 4.79 Å². The number of ether oxygens (including phenoxy) is 1. The average Bonchev–Trinajstić information content (AvgIpc) is 1.63. The summed E-state index contributed by atoms with van der Waals surface area (Å²) in [4.78, 5) is 10.1. The fourth-order valence-corrected chi connectivity index (χ4v) is 0.274. The molecular weight excluding hydrogens is 123 g/mol. The van der Waals surface area contributed by atoms with E-state index < -0.39 is 5.97 Å². The summed E-state index contributed by atoms with van der Waals surface area (Å²) >= 11 is 0. The van der Waals surface area contributed by atoms with Crippen LogP contribution in [0.3, 0.4) is 0 Å². The Morgan fingerprint density at radius 3 is 2.56 bits per heavy atom. The quantitative estimate of drug-likeness (QED) is 0.531. The molecule has 0 aliphatic rings. The van der Waals surface area contributed by atoms with Crippen molar-refractivity contribution in [1.82, 2.24) is 0 Å². The predicted molar refractivity (Wildman–Crippen MR) is 31.5 cm³/mol. The lowest BCUT2D eigenvalue weighted by Gasteiger charge is -1.93. The van der Waals surface area contributed by atoms with Crippen LogP contribution in [0.15, 0.2) is 11.9 Å². The lowest BCUT2D eigenvalue weighted by Crippen LogP contribution is -1.97. The first kappa shape index (κ1) is 8.14. The number of esters is 1. The van der Waals surface area contributed by atoms with Crippen LogP contribution < -0.4 is 0 Å². The van der Waals surface area contributed by atoms with Gasteiger partial charge in [0.25, 0.3) is 0 Å². The highest BCUT2D eigenvalue weighted by atomic mass is 19.1. The minimum Gasteiger partial charge on any atom is -0.462 e. The molecule has 0 aliphatic carbocycles. The zero-order valence-electron chi connectivity index (χ0n) is 5.48. The summed E-state index contributed by atoms with van der Waals surface area (Å²) in [6.07, 6.45) is 1.20. The molecule has 0 aromatic carbocycles. The van der Waals surface area contributed by atoms with Crippen LogP contribution in [-0.2, 0) is 9.53 Å². The monoisotopic (exact) mass is 132 g/mol. The maximum atomic E-state index is 11.8. The van der Waals surface area contributed by atoms with E-state index in [-0.39, 0.29) is 12.4 Å². The Morgan fingerprint density at radius 1 is 1.67 bits per heavy atom. The highest BCUT2D eigenvalue weighted by Gasteiger charge is 1.87. The molecule has 0 fully saturated rings. The number of halogens is 1. The molecule has 0 spiro atoms. The van der Waals surface area contributed by atoms with Crippen LogP contribution in [0.5, 0.6) is 0 Å². The van der Waals surface area contributed by atoms with Gasteiger partial charge in [-0.1, -0.05) is 0 Å². The third kappa shape index (κ3) is 7.14. The predicted octanol–water partition coefficient (Wildman–Crippen LogP) is 1.42. The molecule has 0 N–H and O–H groups in total. The van der Waals surface area contributed by atoms with Crippen LogP contribution in [0.25, 0.3) is 0 Å². The standard InChI is InChI=1S/C6H9FO2/c1-5(7)3-4-9-6(2)8/h3H,4H2,1-2H3/b5-3-. The van der Waals surface area contributed by atoms with Crippen molar-refractivity contribution in [2.45, 2.75) is 13.8 Å². The second kappa shape index (κ2) is 4.06. The molecule has 52 valence electrons. The van der Waals surface area contributed by atoms with E-state index in [2.05, 4.69) is 4.74 Å². The van der Waals surface area contributed by atoms with Gasteiger partial charge in [0.05, 0.1) is 5.83 Å². The van der Waals surface area contributed by atoms with E-state index in [1.54, 1.807) is 0 Å². The Hall–Kier alpha value is -0.860. The van der Waals surface area contributed by atoms with E-state index in [9.17, 15) is 9.18 Å². The van der Waals surface area contributed by atoms with Gasteiger partial charge in [0.15, 0.2) is 0 Å². The third-order valence-electron chi connectivity index (χ3n) is 0.651. The second-order valence-corrected chi connectivity index (χ2v) is 1.59. The number of rotatable bonds is 2. The summed E-state index contributed by atoms with van der Waals surface area (Å²) in [6, 6.07) is 0. The van der Waals surface area contributed by atoms with E-state index in [1.165, 1.54) is 19.9 Å². The molecule has 0 saturated heterocycles. The Bertz CT molecular complexity index is 125. The van der Waals surface area contributed by atoms with Gasteiger partial charge in [-0.15, -0.1) is 0 Å². The molecule has 3 heteroatoms. The highest BCUT2D eigenvalue weighted by molar-refractivity contribution is 5.65. The van der Waals surface area contributed by atoms with Crippen LogP contribution in [-0.4, -0.2) is 12.6 Å². The van der Waals surface area contributed by atoms with Crippen molar-refractivity contribution in [3.63, 3.8) is 0 Å². The number of carbonyl (C=O) groups is 1. The lowest BCUT2D eigenvalue weighted by molar-refractivity contribution is -0.139. The van der Waals surface area contributed by atoms with Gasteiger partial charge in [-0.2, -0.15) is 0 Å². The minimum absolute atomic E-state index is 0.0255. The molecule has 0 radical (unpaired) electrons. The van der Waals surface area contributed by atoms with Gasteiger partial charge in [0.2, 0.25) is 0 Å². The average molecular weight is 132 g/mol. The summed E-state index contributed by atoms with van der Waals surface area (Å²) in [7, 11) is 0. The summed E-state index contributed by atoms with van der Waals surface area (Å²) < 4.78 is 16.2. The zero-order chi connectivity index (χ0) is 7.28. The molecule has 9 heavy (non-hydrogen) atoms. The Morgan fingerprint density at radius 2 is 2.22 bits per heavy atom. The minimum atomic E-state index is -0.396. The maximum absolute atomic E-state index is 11.8. The number of allylic oxidation sites excluding steroid dienone is 1. The van der Waals surface area contributed by atoms with E-state index >= 15 is 0 Å². The Kier molecular flexibility index (Phi) is 3.67. The van der Waals surface area contributed by atoms with Crippen molar-refractivity contribution in [2.24, 2.45) is 0 Å². The zero-order valence-corrected chi connectivity index (χ0v) is 5.48. The first-order chi connectivity index (χ1) is 4.13. The molecule has 0 aromatic heterocycles. The van der Waals surface area contributed by atoms with E-state index in [4.69, 9.17) is 0 Å². The van der Waals surface area contributed by atoms with Crippen LogP contribution in [0.1, 0.15) is 13.8 Å². The number of carbonyl (C=O) groups excluding carboxylic acids is 1. The maximum Gasteiger partial charge on any atom is 0.302 e. The fourth-order valence-electron chi connectivity index (χ4n) is 0.274. The molecule has 0 saturated carbocycles. The third-order valence-corrected chi connectivity index (χ3v) is 0.651. The lowest BCUT2D eigenvalue weighted by atomic mass is 10.5. The van der Waals surface area contributed by atoms with Crippen molar-refractivity contribution >= 4 is 5.97 Å². The van der Waals surface area contributed by atoms with E-state index in [0.29, 0.717) is 0 Å². The summed E-state index contributed by atoms with van der Waals surface area (Å²) in [6.45, 7) is 2.60. The summed E-state index contributed by atoms with van der Waals surface area (Å²) in [5.41, 5.74) is 0. The molecule has 0 atom stereocenters. The Balaban J connectivity index is 3.31. The van der Waals surface area contributed by atoms with Crippen molar-refractivity contribution in [3.05, 3.63) is 11.9 Å². The first-order valence-corrected chi connectivity index (χ1v) is 2.58. The van der Waals surface area contributed by atoms with Gasteiger partial charge < -0.3 is 4.74 Å². The topological polar surface area (TPSA) is 26.3 Å². The van der Waals surface area contributed by atoms with Gasteiger partial charge in [0, 0.05) is 6.92 Å². The molecule has 2 nitrogen and oxygen atoms in total. The molecule has 0 bridgehead atoms. The molecule has 0 amide bonds. The van der Waals surface area contributed by atoms with Gasteiger partial charge in [0.1, 0.15) is 6.61 Å². The van der Waals surface area contributed by atoms with Crippen LogP contribution in [0, 0.1) is 0 Å². The fraction of sp³-hybridized carbons (Fsp3) is 0.500. The molecular formula is C6H9FO2. The van der Waals surface area contributed by atoms with E-state index in [1.807, 2.05) is 0 Å². The van der Waals surface area contributed by atoms with Crippen molar-refractivity contribution in [1.29, 1.82) is 0 Å². The highest BCUT2D eigenvalue weighted by Crippen LogP contribution is 1.91. The van der Waals surface area contributed by atoms with Crippen LogP contribution in [0.2, 0.25) is 0 Å². The van der Waals surface area contributed by atoms with Gasteiger partial charge in [-0.25, -0.2) is 4.39 Å². The van der Waals surface area contributed by atoms with Gasteiger partial charge in [-0.05, 0) is 13.0 Å². The molecule has 0 aliphatic heterocycles. The molecule has 0 rings (SSSR count). The molecule has 0 aromatic rings. The van der Waals surface area contributed by atoms with Crippen molar-refractivity contribution < 1.29 is 13.9 Å². The second-order valence-electron chi connectivity index (χ2n) is 1.59. The smallest absolute Gasteiger partial charge is 0.302 e. The van der Waals surface area contributed by atoms with Crippen LogP contribution >= 0.6 is 0 Å². The first-order valence-electron chi connectivity index (χ1n) is 2.58. The van der Waals surface area contributed by atoms with E-state index in [0.717, 1.165) is 0 Å². The Labute approximate surface area is 53.3 Å². The van der Waals surface area contributed by atoms with Crippen molar-refractivity contribution in [3.8, 4) is 0 Å². The number of hydrogen-bond donors (Lipinski definition) is 0. The normalized spacial score (nSPS) is 11.2.